The Labute approximate surface area is 192 Å². The second-order valence-corrected chi connectivity index (χ2v) is 7.32. The van der Waals surface area contributed by atoms with Crippen LogP contribution in [0, 0.1) is 6.92 Å². The summed E-state index contributed by atoms with van der Waals surface area (Å²) in [5, 5.41) is 7.47. The molecule has 3 N–H and O–H groups in total. The minimum absolute atomic E-state index is 0.0459. The van der Waals surface area contributed by atoms with E-state index in [9.17, 15) is 22.8 Å². The molecule has 10 heteroatoms. The van der Waals surface area contributed by atoms with Crippen molar-refractivity contribution in [1.82, 2.24) is 4.98 Å². The minimum Gasteiger partial charge on any atom is -0.322 e. The van der Waals surface area contributed by atoms with E-state index in [4.69, 9.17) is 11.6 Å². The molecule has 3 rings (SSSR count). The van der Waals surface area contributed by atoms with Crippen LogP contribution in [0.25, 0.3) is 6.08 Å². The maximum atomic E-state index is 12.9. The fraction of sp³-hybridized carbons (Fsp3) is 0.0870. The summed E-state index contributed by atoms with van der Waals surface area (Å²) in [7, 11) is 0. The number of aryl methyl sites for hydroxylation is 1. The van der Waals surface area contributed by atoms with E-state index in [0.29, 0.717) is 11.4 Å². The van der Waals surface area contributed by atoms with Gasteiger partial charge >= 0.3 is 12.2 Å². The second kappa shape index (κ2) is 10.2. The normalized spacial score (nSPS) is 11.3. The molecule has 1 aromatic heterocycles. The van der Waals surface area contributed by atoms with Crippen molar-refractivity contribution < 1.29 is 22.8 Å². The quantitative estimate of drug-likeness (QED) is 0.376. The molecule has 0 saturated carbocycles. The number of hydrogen-bond donors (Lipinski definition) is 3. The number of nitrogens with one attached hydrogen (secondary N) is 3. The number of benzene rings is 2. The van der Waals surface area contributed by atoms with Crippen molar-refractivity contribution in [1.29, 1.82) is 0 Å². The third-order valence-corrected chi connectivity index (χ3v) is 4.74. The van der Waals surface area contributed by atoms with Crippen molar-refractivity contribution in [3.8, 4) is 0 Å². The molecule has 0 radical (unpaired) electrons. The van der Waals surface area contributed by atoms with Crippen LogP contribution in [0.15, 0.2) is 67.0 Å². The van der Waals surface area contributed by atoms with Crippen LogP contribution in [-0.4, -0.2) is 16.9 Å². The number of rotatable bonds is 5. The van der Waals surface area contributed by atoms with Gasteiger partial charge in [-0.3, -0.25) is 9.78 Å². The van der Waals surface area contributed by atoms with Crippen LogP contribution >= 0.6 is 11.6 Å². The van der Waals surface area contributed by atoms with Crippen LogP contribution in [0.5, 0.6) is 0 Å². The number of anilines is 3. The number of alkyl halides is 3. The predicted octanol–water partition coefficient (Wildman–Crippen LogP) is 6.36. The molecule has 0 aliphatic carbocycles. The molecule has 1 heterocycles. The lowest BCUT2D eigenvalue weighted by atomic mass is 10.1. The number of hydrogen-bond acceptors (Lipinski definition) is 3. The van der Waals surface area contributed by atoms with Crippen LogP contribution in [0.3, 0.4) is 0 Å². The zero-order valence-corrected chi connectivity index (χ0v) is 18.0. The van der Waals surface area contributed by atoms with Crippen LogP contribution in [0.4, 0.5) is 35.0 Å². The molecule has 170 valence electrons. The molecule has 0 bridgehead atoms. The van der Waals surface area contributed by atoms with Gasteiger partial charge in [-0.25, -0.2) is 4.79 Å². The van der Waals surface area contributed by atoms with Crippen molar-refractivity contribution in [2.75, 3.05) is 16.0 Å². The van der Waals surface area contributed by atoms with Crippen LogP contribution in [0.1, 0.15) is 16.7 Å². The van der Waals surface area contributed by atoms with Crippen LogP contribution < -0.4 is 16.0 Å². The lowest BCUT2D eigenvalue weighted by Gasteiger charge is -2.13. The summed E-state index contributed by atoms with van der Waals surface area (Å²) in [6.07, 6.45) is 1.60. The molecule has 2 aromatic carbocycles. The van der Waals surface area contributed by atoms with Gasteiger partial charge in [0.2, 0.25) is 5.91 Å². The molecule has 0 aliphatic heterocycles. The van der Waals surface area contributed by atoms with Gasteiger partial charge in [-0.05, 0) is 60.5 Å². The standard InChI is InChI=1S/C23H18ClF3N4O2/c1-14-4-7-17(12-19(14)30-21(32)9-5-15-3-2-10-28-13-15)29-22(33)31-20-11-16(23(25,26)27)6-8-18(20)24/h2-13H,1H3,(H,30,32)(H2,29,31,33). The first-order valence-electron chi connectivity index (χ1n) is 9.56. The van der Waals surface area contributed by atoms with Gasteiger partial charge in [0, 0.05) is 29.8 Å². The Morgan fingerprint density at radius 1 is 1.00 bits per heavy atom. The molecule has 3 aromatic rings. The zero-order valence-electron chi connectivity index (χ0n) is 17.2. The van der Waals surface area contributed by atoms with Gasteiger partial charge in [0.1, 0.15) is 0 Å². The van der Waals surface area contributed by atoms with E-state index in [2.05, 4.69) is 20.9 Å². The zero-order chi connectivity index (χ0) is 24.0. The topological polar surface area (TPSA) is 83.1 Å². The smallest absolute Gasteiger partial charge is 0.322 e. The Kier molecular flexibility index (Phi) is 7.34. The van der Waals surface area contributed by atoms with E-state index in [0.717, 1.165) is 29.3 Å². The van der Waals surface area contributed by atoms with E-state index in [1.165, 1.54) is 12.1 Å². The summed E-state index contributed by atoms with van der Waals surface area (Å²) in [5.41, 5.74) is 1.13. The first-order chi connectivity index (χ1) is 15.6. The maximum absolute atomic E-state index is 12.9. The number of aromatic nitrogens is 1. The monoisotopic (exact) mass is 474 g/mol. The molecule has 33 heavy (non-hydrogen) atoms. The Morgan fingerprint density at radius 3 is 2.48 bits per heavy atom. The summed E-state index contributed by atoms with van der Waals surface area (Å²) >= 11 is 5.90. The SMILES string of the molecule is Cc1ccc(NC(=O)Nc2cc(C(F)(F)F)ccc2Cl)cc1NC(=O)C=Cc1cccnc1. The van der Waals surface area contributed by atoms with E-state index in [1.54, 1.807) is 49.7 Å². The number of pyridine rings is 1. The second-order valence-electron chi connectivity index (χ2n) is 6.91. The fourth-order valence-electron chi connectivity index (χ4n) is 2.74. The molecule has 0 spiro atoms. The fourth-order valence-corrected chi connectivity index (χ4v) is 2.90. The Bertz CT molecular complexity index is 1200. The summed E-state index contributed by atoms with van der Waals surface area (Å²) in [6, 6.07) is 10.2. The van der Waals surface area contributed by atoms with Crippen molar-refractivity contribution in [3.63, 3.8) is 0 Å². The molecular formula is C23H18ClF3N4O2. The van der Waals surface area contributed by atoms with E-state index >= 15 is 0 Å². The van der Waals surface area contributed by atoms with Gasteiger partial charge in [-0.2, -0.15) is 13.2 Å². The number of amides is 3. The lowest BCUT2D eigenvalue weighted by molar-refractivity contribution is -0.137. The van der Waals surface area contributed by atoms with Crippen molar-refractivity contribution in [2.24, 2.45) is 0 Å². The van der Waals surface area contributed by atoms with Gasteiger partial charge in [0.25, 0.3) is 0 Å². The van der Waals surface area contributed by atoms with Crippen LogP contribution in [-0.2, 0) is 11.0 Å². The van der Waals surface area contributed by atoms with Crippen molar-refractivity contribution in [3.05, 3.63) is 88.7 Å². The van der Waals surface area contributed by atoms with Gasteiger partial charge in [-0.15, -0.1) is 0 Å². The highest BCUT2D eigenvalue weighted by Crippen LogP contribution is 2.34. The van der Waals surface area contributed by atoms with Crippen molar-refractivity contribution in [2.45, 2.75) is 13.1 Å². The van der Waals surface area contributed by atoms with E-state index in [-0.39, 0.29) is 16.6 Å². The molecule has 0 fully saturated rings. The molecule has 0 aliphatic rings. The van der Waals surface area contributed by atoms with Gasteiger partial charge < -0.3 is 16.0 Å². The molecule has 0 saturated heterocycles. The van der Waals surface area contributed by atoms with Crippen molar-refractivity contribution >= 4 is 46.7 Å². The van der Waals surface area contributed by atoms with Crippen LogP contribution in [0.2, 0.25) is 5.02 Å². The molecular weight excluding hydrogens is 457 g/mol. The highest BCUT2D eigenvalue weighted by molar-refractivity contribution is 6.33. The molecule has 0 atom stereocenters. The largest absolute Gasteiger partial charge is 0.416 e. The number of carbonyl (C=O) groups excluding carboxylic acids is 2. The van der Waals surface area contributed by atoms with E-state index < -0.39 is 17.8 Å². The minimum atomic E-state index is -4.58. The predicted molar refractivity (Wildman–Crippen MR) is 122 cm³/mol. The highest BCUT2D eigenvalue weighted by Gasteiger charge is 2.31. The summed E-state index contributed by atoms with van der Waals surface area (Å²) in [6.45, 7) is 1.77. The number of halogens is 4. The molecule has 3 amide bonds. The average molecular weight is 475 g/mol. The van der Waals surface area contributed by atoms with E-state index in [1.807, 2.05) is 0 Å². The number of nitrogens with zero attached hydrogens (tertiary/aromatic N) is 1. The first kappa shape index (κ1) is 23.8. The summed E-state index contributed by atoms with van der Waals surface area (Å²) in [5.74, 6) is -0.390. The summed E-state index contributed by atoms with van der Waals surface area (Å²) in [4.78, 5) is 28.5. The Balaban J connectivity index is 1.67. The van der Waals surface area contributed by atoms with Gasteiger partial charge in [-0.1, -0.05) is 23.7 Å². The third kappa shape index (κ3) is 6.81. The third-order valence-electron chi connectivity index (χ3n) is 4.41. The molecule has 0 unspecified atom stereocenters. The first-order valence-corrected chi connectivity index (χ1v) is 9.94. The maximum Gasteiger partial charge on any atom is 0.416 e. The Morgan fingerprint density at radius 2 is 1.79 bits per heavy atom. The summed E-state index contributed by atoms with van der Waals surface area (Å²) < 4.78 is 38.7. The van der Waals surface area contributed by atoms with Gasteiger partial charge in [0.05, 0.1) is 16.3 Å². The average Bonchev–Trinajstić information content (AvgIpc) is 2.76. The lowest BCUT2D eigenvalue weighted by Crippen LogP contribution is -2.20. The number of urea groups is 1. The van der Waals surface area contributed by atoms with Gasteiger partial charge in [0.15, 0.2) is 0 Å². The highest BCUT2D eigenvalue weighted by atomic mass is 35.5. The Hall–Kier alpha value is -3.85. The number of carbonyl (C=O) groups is 2. The molecule has 6 nitrogen and oxygen atoms in total.